The number of hydrogen-bond donors (Lipinski definition) is 1. The van der Waals surface area contributed by atoms with Gasteiger partial charge in [0.1, 0.15) is 0 Å². The molecule has 5 heteroatoms. The molecule has 2 aromatic rings. The lowest BCUT2D eigenvalue weighted by atomic mass is 10.1. The van der Waals surface area contributed by atoms with Crippen LogP contribution in [0.25, 0.3) is 0 Å². The Hall–Kier alpha value is -1.20. The van der Waals surface area contributed by atoms with E-state index >= 15 is 0 Å². The van der Waals surface area contributed by atoms with Gasteiger partial charge < -0.3 is 5.32 Å². The molecule has 0 aliphatic rings. The number of nitrogens with one attached hydrogen (secondary N) is 1. The van der Waals surface area contributed by atoms with E-state index in [1.165, 1.54) is 10.6 Å². The summed E-state index contributed by atoms with van der Waals surface area (Å²) in [4.78, 5) is 5.39. The van der Waals surface area contributed by atoms with Gasteiger partial charge in [-0.25, -0.2) is 0 Å². The van der Waals surface area contributed by atoms with Crippen LogP contribution < -0.4 is 5.32 Å². The monoisotopic (exact) mass is 236 g/mol. The van der Waals surface area contributed by atoms with Crippen molar-refractivity contribution in [1.82, 2.24) is 20.1 Å². The number of aromatic nitrogens is 3. The zero-order chi connectivity index (χ0) is 11.5. The molecular weight excluding hydrogens is 220 g/mol. The average molecular weight is 236 g/mol. The van der Waals surface area contributed by atoms with E-state index in [0.29, 0.717) is 6.04 Å². The van der Waals surface area contributed by atoms with Gasteiger partial charge in [-0.05, 0) is 20.0 Å². The Morgan fingerprint density at radius 1 is 1.56 bits per heavy atom. The third kappa shape index (κ3) is 2.31. The van der Waals surface area contributed by atoms with Crippen LogP contribution >= 0.6 is 11.3 Å². The third-order valence-electron chi connectivity index (χ3n) is 2.63. The first-order valence-electron chi connectivity index (χ1n) is 5.26. The Morgan fingerprint density at radius 3 is 2.88 bits per heavy atom. The van der Waals surface area contributed by atoms with Gasteiger partial charge in [0.05, 0.1) is 22.9 Å². The summed E-state index contributed by atoms with van der Waals surface area (Å²) in [7, 11) is 3.97. The summed E-state index contributed by atoms with van der Waals surface area (Å²) < 4.78 is 1.94. The molecule has 0 amide bonds. The van der Waals surface area contributed by atoms with E-state index in [-0.39, 0.29) is 0 Å². The summed E-state index contributed by atoms with van der Waals surface area (Å²) >= 11 is 1.69. The van der Waals surface area contributed by atoms with E-state index in [9.17, 15) is 0 Å². The normalized spacial score (nSPS) is 12.9. The smallest absolute Gasteiger partial charge is 0.0794 e. The summed E-state index contributed by atoms with van der Waals surface area (Å²) in [6, 6.07) is 2.43. The molecule has 0 aliphatic heterocycles. The SMILES string of the molecule is CNC(Cc1cncs1)c1cc(C)nn1C. The van der Waals surface area contributed by atoms with Crippen molar-refractivity contribution in [1.29, 1.82) is 0 Å². The maximum atomic E-state index is 4.37. The zero-order valence-electron chi connectivity index (χ0n) is 9.77. The van der Waals surface area contributed by atoms with Crippen molar-refractivity contribution in [3.63, 3.8) is 0 Å². The first-order valence-corrected chi connectivity index (χ1v) is 6.14. The van der Waals surface area contributed by atoms with E-state index in [0.717, 1.165) is 12.1 Å². The van der Waals surface area contributed by atoms with Gasteiger partial charge in [-0.1, -0.05) is 0 Å². The standard InChI is InChI=1S/C11H16N4S/c1-8-4-11(15(3)14-8)10(12-2)5-9-6-13-7-16-9/h4,6-7,10,12H,5H2,1-3H3. The predicted molar refractivity (Wildman–Crippen MR) is 65.6 cm³/mol. The Kier molecular flexibility index (Phi) is 3.36. The van der Waals surface area contributed by atoms with E-state index in [2.05, 4.69) is 21.5 Å². The predicted octanol–water partition coefficient (Wildman–Crippen LogP) is 1.69. The first-order chi connectivity index (χ1) is 7.70. The molecule has 0 aliphatic carbocycles. The first kappa shape index (κ1) is 11.3. The van der Waals surface area contributed by atoms with Crippen molar-refractivity contribution in [2.45, 2.75) is 19.4 Å². The molecule has 86 valence electrons. The summed E-state index contributed by atoms with van der Waals surface area (Å²) in [5.41, 5.74) is 4.15. The number of thiazole rings is 1. The zero-order valence-corrected chi connectivity index (χ0v) is 10.6. The van der Waals surface area contributed by atoms with Gasteiger partial charge in [0, 0.05) is 24.5 Å². The van der Waals surface area contributed by atoms with Crippen molar-refractivity contribution >= 4 is 11.3 Å². The van der Waals surface area contributed by atoms with Gasteiger partial charge in [0.2, 0.25) is 0 Å². The number of rotatable bonds is 4. The summed E-state index contributed by atoms with van der Waals surface area (Å²) in [6.45, 7) is 2.02. The highest BCUT2D eigenvalue weighted by Crippen LogP contribution is 2.20. The number of nitrogens with zero attached hydrogens (tertiary/aromatic N) is 3. The van der Waals surface area contributed by atoms with Crippen molar-refractivity contribution in [3.8, 4) is 0 Å². The molecule has 1 atom stereocenters. The number of hydrogen-bond acceptors (Lipinski definition) is 4. The van der Waals surface area contributed by atoms with Crippen LogP contribution in [0.2, 0.25) is 0 Å². The molecule has 0 aromatic carbocycles. The van der Waals surface area contributed by atoms with Crippen molar-refractivity contribution in [2.75, 3.05) is 7.05 Å². The minimum absolute atomic E-state index is 0.298. The van der Waals surface area contributed by atoms with E-state index in [1.807, 2.05) is 37.4 Å². The Labute approximate surface area is 99.3 Å². The van der Waals surface area contributed by atoms with Crippen LogP contribution in [0.15, 0.2) is 17.8 Å². The van der Waals surface area contributed by atoms with Gasteiger partial charge in [-0.3, -0.25) is 9.67 Å². The lowest BCUT2D eigenvalue weighted by Gasteiger charge is -2.15. The molecule has 2 heterocycles. The van der Waals surface area contributed by atoms with Gasteiger partial charge in [0.25, 0.3) is 0 Å². The van der Waals surface area contributed by atoms with Crippen LogP contribution in [-0.4, -0.2) is 21.8 Å². The molecule has 0 saturated heterocycles. The lowest BCUT2D eigenvalue weighted by molar-refractivity contribution is 0.540. The van der Waals surface area contributed by atoms with E-state index < -0.39 is 0 Å². The minimum atomic E-state index is 0.298. The van der Waals surface area contributed by atoms with Crippen molar-refractivity contribution < 1.29 is 0 Å². The quantitative estimate of drug-likeness (QED) is 0.878. The van der Waals surface area contributed by atoms with Gasteiger partial charge in [0.15, 0.2) is 0 Å². The Balaban J connectivity index is 2.19. The second-order valence-corrected chi connectivity index (χ2v) is 4.82. The third-order valence-corrected chi connectivity index (χ3v) is 3.43. The second kappa shape index (κ2) is 4.76. The van der Waals surface area contributed by atoms with E-state index in [4.69, 9.17) is 0 Å². The second-order valence-electron chi connectivity index (χ2n) is 3.85. The van der Waals surface area contributed by atoms with Crippen LogP contribution in [0.4, 0.5) is 0 Å². The van der Waals surface area contributed by atoms with Crippen LogP contribution in [0.3, 0.4) is 0 Å². The highest BCUT2D eigenvalue weighted by molar-refractivity contribution is 7.09. The molecule has 0 radical (unpaired) electrons. The lowest BCUT2D eigenvalue weighted by Crippen LogP contribution is -2.21. The molecule has 16 heavy (non-hydrogen) atoms. The molecule has 1 unspecified atom stereocenters. The molecule has 0 bridgehead atoms. The van der Waals surface area contributed by atoms with Crippen molar-refractivity contribution in [2.24, 2.45) is 7.05 Å². The van der Waals surface area contributed by atoms with Crippen molar-refractivity contribution in [3.05, 3.63) is 34.0 Å². The van der Waals surface area contributed by atoms with Crippen LogP contribution in [0.5, 0.6) is 0 Å². The highest BCUT2D eigenvalue weighted by Gasteiger charge is 2.15. The fourth-order valence-electron chi connectivity index (χ4n) is 1.86. The maximum absolute atomic E-state index is 4.37. The molecule has 1 N–H and O–H groups in total. The largest absolute Gasteiger partial charge is 0.311 e. The molecule has 2 rings (SSSR count). The molecule has 0 fully saturated rings. The van der Waals surface area contributed by atoms with Crippen LogP contribution in [0.1, 0.15) is 22.3 Å². The van der Waals surface area contributed by atoms with E-state index in [1.54, 1.807) is 11.3 Å². The number of aryl methyl sites for hydroxylation is 2. The van der Waals surface area contributed by atoms with Crippen LogP contribution in [-0.2, 0) is 13.5 Å². The van der Waals surface area contributed by atoms with Gasteiger partial charge >= 0.3 is 0 Å². The maximum Gasteiger partial charge on any atom is 0.0794 e. The van der Waals surface area contributed by atoms with Gasteiger partial charge in [-0.15, -0.1) is 11.3 Å². The molecule has 2 aromatic heterocycles. The Morgan fingerprint density at radius 2 is 2.38 bits per heavy atom. The molecule has 0 spiro atoms. The van der Waals surface area contributed by atoms with Crippen LogP contribution in [0, 0.1) is 6.92 Å². The highest BCUT2D eigenvalue weighted by atomic mass is 32.1. The summed E-state index contributed by atoms with van der Waals surface area (Å²) in [6.07, 6.45) is 2.89. The topological polar surface area (TPSA) is 42.7 Å². The summed E-state index contributed by atoms with van der Waals surface area (Å²) in [5.74, 6) is 0. The Bertz CT molecular complexity index is 447. The summed E-state index contributed by atoms with van der Waals surface area (Å²) in [5, 5.41) is 7.70. The minimum Gasteiger partial charge on any atom is -0.311 e. The molecule has 4 nitrogen and oxygen atoms in total. The number of likely N-dealkylation sites (N-methyl/N-ethyl adjacent to an activating group) is 1. The molecule has 0 saturated carbocycles. The average Bonchev–Trinajstić information content (AvgIpc) is 2.85. The fourth-order valence-corrected chi connectivity index (χ4v) is 2.50. The van der Waals surface area contributed by atoms with Gasteiger partial charge in [-0.2, -0.15) is 5.10 Å². The fraction of sp³-hybridized carbons (Fsp3) is 0.455. The molecular formula is C11H16N4S.